The monoisotopic (exact) mass is 352 g/mol. The van der Waals surface area contributed by atoms with Crippen molar-refractivity contribution in [3.05, 3.63) is 36.0 Å². The number of pyridine rings is 1. The van der Waals surface area contributed by atoms with Crippen molar-refractivity contribution in [1.82, 2.24) is 24.7 Å². The molecule has 1 saturated heterocycles. The first-order valence-electron chi connectivity index (χ1n) is 9.07. The van der Waals surface area contributed by atoms with Gasteiger partial charge >= 0.3 is 0 Å². The van der Waals surface area contributed by atoms with Gasteiger partial charge in [-0.25, -0.2) is 9.97 Å². The average molecular weight is 352 g/mol. The Morgan fingerprint density at radius 2 is 2.15 bits per heavy atom. The Balaban J connectivity index is 1.50. The molecule has 1 aliphatic rings. The molecule has 7 heteroatoms. The summed E-state index contributed by atoms with van der Waals surface area (Å²) in [5.41, 5.74) is 1.86. The minimum Gasteiger partial charge on any atom is -0.493 e. The molecule has 26 heavy (non-hydrogen) atoms. The molecule has 1 fully saturated rings. The molecule has 136 valence electrons. The quantitative estimate of drug-likeness (QED) is 0.719. The van der Waals surface area contributed by atoms with Crippen molar-refractivity contribution in [3.8, 4) is 5.75 Å². The largest absolute Gasteiger partial charge is 0.493 e. The summed E-state index contributed by atoms with van der Waals surface area (Å²) in [4.78, 5) is 15.8. The van der Waals surface area contributed by atoms with E-state index in [1.165, 1.54) is 6.42 Å². The second-order valence-corrected chi connectivity index (χ2v) is 7.00. The smallest absolute Gasteiger partial charge is 0.163 e. The Bertz CT molecular complexity index is 922. The van der Waals surface area contributed by atoms with Crippen LogP contribution in [0.2, 0.25) is 0 Å². The summed E-state index contributed by atoms with van der Waals surface area (Å²) in [6, 6.07) is 3.90. The van der Waals surface area contributed by atoms with Gasteiger partial charge in [0.1, 0.15) is 17.4 Å². The van der Waals surface area contributed by atoms with Crippen molar-refractivity contribution in [2.45, 2.75) is 26.7 Å². The fraction of sp³-hybridized carbons (Fsp3) is 0.474. The summed E-state index contributed by atoms with van der Waals surface area (Å²) in [5.74, 6) is 3.13. The van der Waals surface area contributed by atoms with Crippen molar-refractivity contribution >= 4 is 16.9 Å². The van der Waals surface area contributed by atoms with Crippen LogP contribution in [-0.2, 0) is 7.05 Å². The molecule has 0 saturated carbocycles. The molecule has 0 aromatic carbocycles. The number of aromatic nitrogens is 5. The second-order valence-electron chi connectivity index (χ2n) is 7.00. The van der Waals surface area contributed by atoms with Gasteiger partial charge in [-0.3, -0.25) is 9.67 Å². The van der Waals surface area contributed by atoms with Gasteiger partial charge in [0.2, 0.25) is 0 Å². The maximum Gasteiger partial charge on any atom is 0.163 e. The van der Waals surface area contributed by atoms with Crippen molar-refractivity contribution in [2.24, 2.45) is 13.0 Å². The van der Waals surface area contributed by atoms with Crippen molar-refractivity contribution in [1.29, 1.82) is 0 Å². The molecule has 0 amide bonds. The summed E-state index contributed by atoms with van der Waals surface area (Å²) < 4.78 is 7.82. The predicted octanol–water partition coefficient (Wildman–Crippen LogP) is 2.67. The van der Waals surface area contributed by atoms with E-state index in [4.69, 9.17) is 9.72 Å². The molecule has 0 radical (unpaired) electrons. The van der Waals surface area contributed by atoms with Gasteiger partial charge in [-0.1, -0.05) is 0 Å². The van der Waals surface area contributed by atoms with Crippen LogP contribution in [0.15, 0.2) is 24.5 Å². The molecule has 4 heterocycles. The highest BCUT2D eigenvalue weighted by molar-refractivity contribution is 5.87. The number of piperidine rings is 1. The lowest BCUT2D eigenvalue weighted by molar-refractivity contribution is 0.228. The number of anilines is 1. The first-order valence-corrected chi connectivity index (χ1v) is 9.07. The maximum absolute atomic E-state index is 6.01. The van der Waals surface area contributed by atoms with Crippen LogP contribution in [0.4, 0.5) is 5.82 Å². The number of ether oxygens (including phenoxy) is 1. The number of hydrogen-bond acceptors (Lipinski definition) is 6. The Morgan fingerprint density at radius 1 is 1.27 bits per heavy atom. The van der Waals surface area contributed by atoms with E-state index in [2.05, 4.69) is 20.0 Å². The molecule has 1 atom stereocenters. The van der Waals surface area contributed by atoms with Gasteiger partial charge in [-0.05, 0) is 32.8 Å². The molecule has 1 unspecified atom stereocenters. The molecule has 1 aliphatic heterocycles. The van der Waals surface area contributed by atoms with Gasteiger partial charge < -0.3 is 9.64 Å². The van der Waals surface area contributed by atoms with Gasteiger partial charge in [0.25, 0.3) is 0 Å². The zero-order valence-electron chi connectivity index (χ0n) is 15.5. The molecule has 3 aromatic rings. The van der Waals surface area contributed by atoms with Crippen LogP contribution in [0.3, 0.4) is 0 Å². The number of aryl methyl sites for hydroxylation is 3. The topological polar surface area (TPSA) is 69.0 Å². The van der Waals surface area contributed by atoms with E-state index in [0.29, 0.717) is 12.5 Å². The zero-order valence-corrected chi connectivity index (χ0v) is 15.5. The lowest BCUT2D eigenvalue weighted by Gasteiger charge is -2.33. The highest BCUT2D eigenvalue weighted by atomic mass is 16.5. The summed E-state index contributed by atoms with van der Waals surface area (Å²) in [7, 11) is 1.92. The highest BCUT2D eigenvalue weighted by Gasteiger charge is 2.24. The van der Waals surface area contributed by atoms with E-state index in [9.17, 15) is 0 Å². The first-order chi connectivity index (χ1) is 12.6. The summed E-state index contributed by atoms with van der Waals surface area (Å²) in [6.45, 7) is 6.56. The number of fused-ring (bicyclic) bond motifs is 1. The molecular weight excluding hydrogens is 328 g/mol. The molecule has 0 bridgehead atoms. The fourth-order valence-electron chi connectivity index (χ4n) is 3.57. The molecule has 7 nitrogen and oxygen atoms in total. The van der Waals surface area contributed by atoms with Crippen LogP contribution >= 0.6 is 0 Å². The lowest BCUT2D eigenvalue weighted by Crippen LogP contribution is -2.38. The minimum absolute atomic E-state index is 0.471. The Hall–Kier alpha value is -2.70. The van der Waals surface area contributed by atoms with Crippen LogP contribution in [0.1, 0.15) is 24.4 Å². The Morgan fingerprint density at radius 3 is 3.00 bits per heavy atom. The van der Waals surface area contributed by atoms with Crippen molar-refractivity contribution in [2.75, 3.05) is 24.6 Å². The number of rotatable bonds is 4. The Labute approximate surface area is 153 Å². The lowest BCUT2D eigenvalue weighted by atomic mass is 9.99. The van der Waals surface area contributed by atoms with Gasteiger partial charge in [0.15, 0.2) is 5.65 Å². The molecule has 3 aromatic heterocycles. The fourth-order valence-corrected chi connectivity index (χ4v) is 3.57. The molecule has 0 aliphatic carbocycles. The minimum atomic E-state index is 0.471. The molecule has 4 rings (SSSR count). The van der Waals surface area contributed by atoms with E-state index < -0.39 is 0 Å². The van der Waals surface area contributed by atoms with Gasteiger partial charge in [-0.2, -0.15) is 5.10 Å². The first kappa shape index (κ1) is 16.8. The van der Waals surface area contributed by atoms with Crippen LogP contribution in [0.25, 0.3) is 11.0 Å². The molecular formula is C19H24N6O. The highest BCUT2D eigenvalue weighted by Crippen LogP contribution is 2.28. The summed E-state index contributed by atoms with van der Waals surface area (Å²) >= 11 is 0. The van der Waals surface area contributed by atoms with E-state index in [1.807, 2.05) is 43.9 Å². The van der Waals surface area contributed by atoms with Crippen LogP contribution in [0.5, 0.6) is 5.75 Å². The van der Waals surface area contributed by atoms with Gasteiger partial charge in [0.05, 0.1) is 18.2 Å². The second kappa shape index (κ2) is 6.90. The van der Waals surface area contributed by atoms with Gasteiger partial charge in [0, 0.05) is 44.0 Å². The maximum atomic E-state index is 6.01. The SMILES string of the molecule is Cc1cc(OCC2CCCN(c3nc(C)nc4c3cnn4C)C2)ccn1. The summed E-state index contributed by atoms with van der Waals surface area (Å²) in [6.07, 6.45) is 5.96. The van der Waals surface area contributed by atoms with Crippen LogP contribution in [-0.4, -0.2) is 44.4 Å². The van der Waals surface area contributed by atoms with Crippen molar-refractivity contribution < 1.29 is 4.74 Å². The third-order valence-corrected chi connectivity index (χ3v) is 4.86. The number of hydrogen-bond donors (Lipinski definition) is 0. The normalized spacial score (nSPS) is 17.7. The van der Waals surface area contributed by atoms with E-state index in [-0.39, 0.29) is 0 Å². The third-order valence-electron chi connectivity index (χ3n) is 4.86. The van der Waals surface area contributed by atoms with Gasteiger partial charge in [-0.15, -0.1) is 0 Å². The molecule has 0 N–H and O–H groups in total. The van der Waals surface area contributed by atoms with Crippen LogP contribution in [0, 0.1) is 19.8 Å². The molecule has 0 spiro atoms. The standard InChI is InChI=1S/C19H24N6O/c1-13-9-16(6-7-20-13)26-12-15-5-4-8-25(11-15)19-17-10-21-24(3)18(17)22-14(2)23-19/h6-7,9-10,15H,4-5,8,11-12H2,1-3H3. The Kier molecular flexibility index (Phi) is 4.44. The van der Waals surface area contributed by atoms with Crippen molar-refractivity contribution in [3.63, 3.8) is 0 Å². The van der Waals surface area contributed by atoms with Crippen LogP contribution < -0.4 is 9.64 Å². The predicted molar refractivity (Wildman–Crippen MR) is 100 cm³/mol. The number of nitrogens with zero attached hydrogens (tertiary/aromatic N) is 6. The average Bonchev–Trinajstić information content (AvgIpc) is 3.01. The van der Waals surface area contributed by atoms with E-state index in [1.54, 1.807) is 6.20 Å². The van der Waals surface area contributed by atoms with E-state index >= 15 is 0 Å². The summed E-state index contributed by atoms with van der Waals surface area (Å²) in [5, 5.41) is 5.37. The zero-order chi connectivity index (χ0) is 18.1. The third kappa shape index (κ3) is 3.34. The van der Waals surface area contributed by atoms with E-state index in [0.717, 1.165) is 53.6 Å².